The SMILES string of the molecule is COC(=O)C1=C(C)N=c2sc(=Cc3ccc(OC)c4ccccc34)c(=O)n2C1c1cccs1. The molecule has 0 spiro atoms. The molecule has 1 unspecified atom stereocenters. The minimum atomic E-state index is -0.566. The third-order valence-electron chi connectivity index (χ3n) is 5.66. The molecule has 8 heteroatoms. The first-order chi connectivity index (χ1) is 16.0. The Kier molecular flexibility index (Phi) is 5.47. The van der Waals surface area contributed by atoms with Crippen LogP contribution in [-0.2, 0) is 9.53 Å². The fraction of sp³-hybridized carbons (Fsp3) is 0.160. The van der Waals surface area contributed by atoms with E-state index >= 15 is 0 Å². The van der Waals surface area contributed by atoms with Gasteiger partial charge in [0.25, 0.3) is 5.56 Å². The van der Waals surface area contributed by atoms with Gasteiger partial charge in [-0.25, -0.2) is 9.79 Å². The average molecular weight is 477 g/mol. The van der Waals surface area contributed by atoms with Gasteiger partial charge in [-0.15, -0.1) is 11.3 Å². The third-order valence-corrected chi connectivity index (χ3v) is 7.57. The zero-order valence-electron chi connectivity index (χ0n) is 18.2. The smallest absolute Gasteiger partial charge is 0.338 e. The average Bonchev–Trinajstić information content (AvgIpc) is 3.46. The highest BCUT2D eigenvalue weighted by molar-refractivity contribution is 7.10. The van der Waals surface area contributed by atoms with Crippen LogP contribution in [0, 0.1) is 0 Å². The van der Waals surface area contributed by atoms with Crippen LogP contribution < -0.4 is 19.6 Å². The molecule has 0 N–H and O–H groups in total. The molecular formula is C25H20N2O4S2. The molecule has 1 atom stereocenters. The van der Waals surface area contributed by atoms with Crippen LogP contribution in [0.15, 0.2) is 75.0 Å². The number of aromatic nitrogens is 1. The van der Waals surface area contributed by atoms with Crippen LogP contribution in [0.1, 0.15) is 23.4 Å². The number of fused-ring (bicyclic) bond motifs is 2. The number of allylic oxidation sites excluding steroid dienone is 1. The van der Waals surface area contributed by atoms with Crippen molar-refractivity contribution in [1.29, 1.82) is 0 Å². The Morgan fingerprint density at radius 2 is 1.88 bits per heavy atom. The van der Waals surface area contributed by atoms with E-state index in [1.165, 1.54) is 29.8 Å². The quantitative estimate of drug-likeness (QED) is 0.422. The predicted molar refractivity (Wildman–Crippen MR) is 131 cm³/mol. The van der Waals surface area contributed by atoms with E-state index in [9.17, 15) is 9.59 Å². The summed E-state index contributed by atoms with van der Waals surface area (Å²) in [5, 5.41) is 3.89. The summed E-state index contributed by atoms with van der Waals surface area (Å²) in [5.41, 5.74) is 1.66. The van der Waals surface area contributed by atoms with E-state index in [-0.39, 0.29) is 5.56 Å². The van der Waals surface area contributed by atoms with Crippen LogP contribution in [0.2, 0.25) is 0 Å². The van der Waals surface area contributed by atoms with Crippen molar-refractivity contribution in [3.8, 4) is 5.75 Å². The van der Waals surface area contributed by atoms with Crippen LogP contribution in [0.3, 0.4) is 0 Å². The molecule has 0 radical (unpaired) electrons. The summed E-state index contributed by atoms with van der Waals surface area (Å²) in [6, 6.07) is 15.0. The van der Waals surface area contributed by atoms with Gasteiger partial charge in [0.05, 0.1) is 30.0 Å². The van der Waals surface area contributed by atoms with Crippen LogP contribution in [0.5, 0.6) is 5.75 Å². The first-order valence-corrected chi connectivity index (χ1v) is 11.9. The van der Waals surface area contributed by atoms with Gasteiger partial charge in [0, 0.05) is 10.3 Å². The molecule has 2 aromatic heterocycles. The van der Waals surface area contributed by atoms with Crippen LogP contribution >= 0.6 is 22.7 Å². The van der Waals surface area contributed by atoms with Crippen molar-refractivity contribution in [1.82, 2.24) is 4.57 Å². The van der Waals surface area contributed by atoms with Crippen molar-refractivity contribution in [2.24, 2.45) is 4.99 Å². The second-order valence-electron chi connectivity index (χ2n) is 7.49. The summed E-state index contributed by atoms with van der Waals surface area (Å²) in [4.78, 5) is 32.3. The summed E-state index contributed by atoms with van der Waals surface area (Å²) in [7, 11) is 2.99. The zero-order valence-corrected chi connectivity index (χ0v) is 19.8. The first kappa shape index (κ1) is 21.4. The lowest BCUT2D eigenvalue weighted by molar-refractivity contribution is -0.136. The maximum atomic E-state index is 13.6. The molecule has 2 aromatic carbocycles. The van der Waals surface area contributed by atoms with Gasteiger partial charge in [0.1, 0.15) is 11.8 Å². The minimum absolute atomic E-state index is 0.189. The molecule has 4 aromatic rings. The molecule has 0 amide bonds. The second-order valence-corrected chi connectivity index (χ2v) is 9.48. The van der Waals surface area contributed by atoms with Crippen LogP contribution in [0.4, 0.5) is 0 Å². The molecule has 0 saturated carbocycles. The Labute approximate surface area is 197 Å². The molecular weight excluding hydrogens is 456 g/mol. The van der Waals surface area contributed by atoms with E-state index in [1.807, 2.05) is 60.0 Å². The van der Waals surface area contributed by atoms with Crippen LogP contribution in [0.25, 0.3) is 16.8 Å². The van der Waals surface area contributed by atoms with Crippen LogP contribution in [-0.4, -0.2) is 24.8 Å². The highest BCUT2D eigenvalue weighted by Crippen LogP contribution is 2.33. The number of carbonyl (C=O) groups excluding carboxylic acids is 1. The van der Waals surface area contributed by atoms with Crippen molar-refractivity contribution in [3.63, 3.8) is 0 Å². The standard InChI is InChI=1S/C25H20N2O4S2/c1-14-21(24(29)31-3)22(19-9-6-12-32-19)27-23(28)20(33-25(27)26-14)13-15-10-11-18(30-2)17-8-5-4-7-16(15)17/h4-13,22H,1-3H3. The topological polar surface area (TPSA) is 69.9 Å². The lowest BCUT2D eigenvalue weighted by Gasteiger charge is -2.22. The molecule has 3 heterocycles. The molecule has 0 bridgehead atoms. The predicted octanol–water partition coefficient (Wildman–Crippen LogP) is 3.63. The molecule has 5 rings (SSSR count). The van der Waals surface area contributed by atoms with E-state index in [2.05, 4.69) is 4.99 Å². The van der Waals surface area contributed by atoms with Gasteiger partial charge in [-0.3, -0.25) is 9.36 Å². The molecule has 0 fully saturated rings. The van der Waals surface area contributed by atoms with E-state index < -0.39 is 12.0 Å². The Morgan fingerprint density at radius 1 is 1.09 bits per heavy atom. The highest BCUT2D eigenvalue weighted by atomic mass is 32.1. The van der Waals surface area contributed by atoms with E-state index in [4.69, 9.17) is 9.47 Å². The van der Waals surface area contributed by atoms with Gasteiger partial charge in [-0.1, -0.05) is 47.7 Å². The van der Waals surface area contributed by atoms with Crippen molar-refractivity contribution in [3.05, 3.63) is 95.3 Å². The van der Waals surface area contributed by atoms with Crippen molar-refractivity contribution >= 4 is 45.5 Å². The van der Waals surface area contributed by atoms with Crippen molar-refractivity contribution < 1.29 is 14.3 Å². The maximum absolute atomic E-state index is 13.6. The number of benzene rings is 2. The van der Waals surface area contributed by atoms with Crippen molar-refractivity contribution in [2.75, 3.05) is 14.2 Å². The Bertz CT molecular complexity index is 1590. The monoisotopic (exact) mass is 476 g/mol. The fourth-order valence-electron chi connectivity index (χ4n) is 4.15. The Hall–Kier alpha value is -3.49. The molecule has 1 aliphatic heterocycles. The number of thiazole rings is 1. The zero-order chi connectivity index (χ0) is 23.1. The molecule has 0 saturated heterocycles. The molecule has 166 valence electrons. The van der Waals surface area contributed by atoms with Gasteiger partial charge in [-0.2, -0.15) is 0 Å². The summed E-state index contributed by atoms with van der Waals surface area (Å²) >= 11 is 2.81. The fourth-order valence-corrected chi connectivity index (χ4v) is 6.01. The number of methoxy groups -OCH3 is 2. The number of thiophene rings is 1. The number of rotatable bonds is 4. The minimum Gasteiger partial charge on any atom is -0.496 e. The van der Waals surface area contributed by atoms with Gasteiger partial charge in [-0.05, 0) is 41.5 Å². The summed E-state index contributed by atoms with van der Waals surface area (Å²) in [5.74, 6) is 0.297. The summed E-state index contributed by atoms with van der Waals surface area (Å²) in [6.07, 6.45) is 1.88. The van der Waals surface area contributed by atoms with Gasteiger partial charge in [0.15, 0.2) is 4.80 Å². The summed E-state index contributed by atoms with van der Waals surface area (Å²) in [6.45, 7) is 1.78. The van der Waals surface area contributed by atoms with E-state index in [0.29, 0.717) is 20.6 Å². The number of hydrogen-bond donors (Lipinski definition) is 0. The normalized spacial score (nSPS) is 16.0. The van der Waals surface area contributed by atoms with E-state index in [1.54, 1.807) is 18.6 Å². The second kappa shape index (κ2) is 8.46. The number of carbonyl (C=O) groups is 1. The lowest BCUT2D eigenvalue weighted by Crippen LogP contribution is -2.39. The number of nitrogens with zero attached hydrogens (tertiary/aromatic N) is 2. The van der Waals surface area contributed by atoms with Gasteiger partial charge in [0.2, 0.25) is 0 Å². The number of esters is 1. The highest BCUT2D eigenvalue weighted by Gasteiger charge is 2.33. The van der Waals surface area contributed by atoms with Crippen molar-refractivity contribution in [2.45, 2.75) is 13.0 Å². The number of ether oxygens (including phenoxy) is 2. The Morgan fingerprint density at radius 3 is 2.58 bits per heavy atom. The van der Waals surface area contributed by atoms with E-state index in [0.717, 1.165) is 27.0 Å². The summed E-state index contributed by atoms with van der Waals surface area (Å²) < 4.78 is 12.7. The lowest BCUT2D eigenvalue weighted by atomic mass is 10.0. The number of hydrogen-bond acceptors (Lipinski definition) is 7. The molecule has 0 aliphatic carbocycles. The maximum Gasteiger partial charge on any atom is 0.338 e. The third kappa shape index (κ3) is 3.51. The molecule has 6 nitrogen and oxygen atoms in total. The largest absolute Gasteiger partial charge is 0.496 e. The Balaban J connectivity index is 1.76. The van der Waals surface area contributed by atoms with Gasteiger partial charge < -0.3 is 9.47 Å². The molecule has 1 aliphatic rings. The first-order valence-electron chi connectivity index (χ1n) is 10.2. The molecule has 33 heavy (non-hydrogen) atoms. The van der Waals surface area contributed by atoms with Gasteiger partial charge >= 0.3 is 5.97 Å².